The lowest BCUT2D eigenvalue weighted by molar-refractivity contribution is 0.0939. The highest BCUT2D eigenvalue weighted by Gasteiger charge is 2.30. The maximum absolute atomic E-state index is 12.5. The average molecular weight is 325 g/mol. The molecule has 0 bridgehead atoms. The fourth-order valence-electron chi connectivity index (χ4n) is 2.77. The zero-order valence-electron chi connectivity index (χ0n) is 12.2. The summed E-state index contributed by atoms with van der Waals surface area (Å²) in [5.74, 6) is 0.522. The van der Waals surface area contributed by atoms with E-state index >= 15 is 0 Å². The standard InChI is InChI=1S/C14H19N3O4S/c18-14(16-11-3-9-22(19,20)10-11)12-2-1-4-15-13(12)17-5-7-21-8-6-17/h1-2,4,11H,3,5-10H2,(H,16,18)/t11-/m0/s1. The third kappa shape index (κ3) is 3.38. The van der Waals surface area contributed by atoms with Crippen LogP contribution in [0, 0.1) is 0 Å². The van der Waals surface area contributed by atoms with Crippen molar-refractivity contribution in [1.82, 2.24) is 10.3 Å². The van der Waals surface area contributed by atoms with Gasteiger partial charge in [0.05, 0.1) is 30.3 Å². The van der Waals surface area contributed by atoms with Gasteiger partial charge in [-0.05, 0) is 18.6 Å². The van der Waals surface area contributed by atoms with Crippen LogP contribution in [-0.4, -0.2) is 63.2 Å². The lowest BCUT2D eigenvalue weighted by atomic mass is 10.2. The Labute approximate surface area is 129 Å². The molecular formula is C14H19N3O4S. The molecule has 3 rings (SSSR count). The van der Waals surface area contributed by atoms with Gasteiger partial charge in [-0.15, -0.1) is 0 Å². The fraction of sp³-hybridized carbons (Fsp3) is 0.571. The largest absolute Gasteiger partial charge is 0.378 e. The number of rotatable bonds is 3. The molecule has 1 aromatic rings. The number of aromatic nitrogens is 1. The Bertz CT molecular complexity index is 656. The molecule has 3 heterocycles. The van der Waals surface area contributed by atoms with Crippen molar-refractivity contribution >= 4 is 21.6 Å². The van der Waals surface area contributed by atoms with E-state index in [-0.39, 0.29) is 23.5 Å². The van der Waals surface area contributed by atoms with E-state index in [1.807, 2.05) is 4.90 Å². The van der Waals surface area contributed by atoms with Crippen molar-refractivity contribution in [2.45, 2.75) is 12.5 Å². The predicted molar refractivity (Wildman–Crippen MR) is 81.8 cm³/mol. The number of hydrogen-bond acceptors (Lipinski definition) is 6. The van der Waals surface area contributed by atoms with Gasteiger partial charge in [-0.2, -0.15) is 0 Å². The molecule has 7 nitrogen and oxygen atoms in total. The third-order valence-electron chi connectivity index (χ3n) is 3.91. The van der Waals surface area contributed by atoms with Gasteiger partial charge in [-0.3, -0.25) is 4.79 Å². The average Bonchev–Trinajstić information content (AvgIpc) is 2.87. The zero-order valence-corrected chi connectivity index (χ0v) is 13.0. The number of carbonyl (C=O) groups excluding carboxylic acids is 1. The van der Waals surface area contributed by atoms with Crippen LogP contribution in [0.2, 0.25) is 0 Å². The molecule has 1 N–H and O–H groups in total. The van der Waals surface area contributed by atoms with Crippen molar-refractivity contribution in [3.8, 4) is 0 Å². The van der Waals surface area contributed by atoms with Gasteiger partial charge < -0.3 is 15.0 Å². The Morgan fingerprint density at radius 3 is 2.82 bits per heavy atom. The van der Waals surface area contributed by atoms with Crippen molar-refractivity contribution in [3.63, 3.8) is 0 Å². The maximum atomic E-state index is 12.5. The maximum Gasteiger partial charge on any atom is 0.255 e. The summed E-state index contributed by atoms with van der Waals surface area (Å²) < 4.78 is 28.3. The highest BCUT2D eigenvalue weighted by molar-refractivity contribution is 7.91. The highest BCUT2D eigenvalue weighted by Crippen LogP contribution is 2.19. The van der Waals surface area contributed by atoms with E-state index < -0.39 is 9.84 Å². The van der Waals surface area contributed by atoms with Crippen LogP contribution in [-0.2, 0) is 14.6 Å². The minimum atomic E-state index is -3.01. The van der Waals surface area contributed by atoms with Crippen molar-refractivity contribution in [3.05, 3.63) is 23.9 Å². The number of hydrogen-bond donors (Lipinski definition) is 1. The van der Waals surface area contributed by atoms with Gasteiger partial charge >= 0.3 is 0 Å². The number of morpholine rings is 1. The van der Waals surface area contributed by atoms with Crippen LogP contribution in [0.1, 0.15) is 16.8 Å². The van der Waals surface area contributed by atoms with Gasteiger partial charge in [-0.25, -0.2) is 13.4 Å². The first-order valence-electron chi connectivity index (χ1n) is 7.34. The van der Waals surface area contributed by atoms with E-state index in [9.17, 15) is 13.2 Å². The van der Waals surface area contributed by atoms with Crippen LogP contribution in [0.5, 0.6) is 0 Å². The Hall–Kier alpha value is -1.67. The van der Waals surface area contributed by atoms with E-state index in [1.54, 1.807) is 18.3 Å². The first kappa shape index (κ1) is 15.2. The van der Waals surface area contributed by atoms with Crippen molar-refractivity contribution in [2.75, 3.05) is 42.7 Å². The molecule has 22 heavy (non-hydrogen) atoms. The van der Waals surface area contributed by atoms with Gasteiger partial charge in [-0.1, -0.05) is 0 Å². The van der Waals surface area contributed by atoms with E-state index in [4.69, 9.17) is 4.74 Å². The van der Waals surface area contributed by atoms with Gasteiger partial charge in [0.25, 0.3) is 5.91 Å². The Balaban J connectivity index is 1.75. The minimum Gasteiger partial charge on any atom is -0.378 e. The number of amides is 1. The number of sulfone groups is 1. The topological polar surface area (TPSA) is 88.6 Å². The van der Waals surface area contributed by atoms with Crippen molar-refractivity contribution < 1.29 is 17.9 Å². The van der Waals surface area contributed by atoms with Gasteiger partial charge in [0.15, 0.2) is 9.84 Å². The lowest BCUT2D eigenvalue weighted by Gasteiger charge is -2.29. The summed E-state index contributed by atoms with van der Waals surface area (Å²) in [6, 6.07) is 3.12. The molecule has 1 atom stereocenters. The number of carbonyl (C=O) groups is 1. The summed E-state index contributed by atoms with van der Waals surface area (Å²) >= 11 is 0. The summed E-state index contributed by atoms with van der Waals surface area (Å²) in [6.45, 7) is 2.60. The summed E-state index contributed by atoms with van der Waals surface area (Å²) in [5, 5.41) is 2.81. The van der Waals surface area contributed by atoms with Crippen LogP contribution >= 0.6 is 0 Å². The number of ether oxygens (including phenoxy) is 1. The van der Waals surface area contributed by atoms with Crippen LogP contribution in [0.4, 0.5) is 5.82 Å². The normalized spacial score (nSPS) is 24.2. The van der Waals surface area contributed by atoms with Crippen LogP contribution < -0.4 is 10.2 Å². The fourth-order valence-corrected chi connectivity index (χ4v) is 4.45. The first-order valence-corrected chi connectivity index (χ1v) is 9.16. The van der Waals surface area contributed by atoms with E-state index in [0.717, 1.165) is 0 Å². The second-order valence-electron chi connectivity index (χ2n) is 5.55. The molecule has 2 fully saturated rings. The van der Waals surface area contributed by atoms with E-state index in [0.29, 0.717) is 44.1 Å². The number of anilines is 1. The second-order valence-corrected chi connectivity index (χ2v) is 7.78. The van der Waals surface area contributed by atoms with E-state index in [2.05, 4.69) is 10.3 Å². The van der Waals surface area contributed by atoms with Crippen LogP contribution in [0.25, 0.3) is 0 Å². The monoisotopic (exact) mass is 325 g/mol. The molecule has 0 spiro atoms. The Morgan fingerprint density at radius 2 is 2.14 bits per heavy atom. The smallest absolute Gasteiger partial charge is 0.255 e. The Kier molecular flexibility index (Phi) is 4.30. The number of nitrogens with one attached hydrogen (secondary N) is 1. The molecule has 2 aliphatic rings. The van der Waals surface area contributed by atoms with Crippen molar-refractivity contribution in [1.29, 1.82) is 0 Å². The van der Waals surface area contributed by atoms with Gasteiger partial charge in [0.1, 0.15) is 5.82 Å². The molecule has 0 radical (unpaired) electrons. The molecule has 2 saturated heterocycles. The first-order chi connectivity index (χ1) is 10.6. The molecule has 2 aliphatic heterocycles. The van der Waals surface area contributed by atoms with E-state index in [1.165, 1.54) is 0 Å². The summed E-state index contributed by atoms with van der Waals surface area (Å²) in [6.07, 6.45) is 2.13. The van der Waals surface area contributed by atoms with Crippen molar-refractivity contribution in [2.24, 2.45) is 0 Å². The zero-order chi connectivity index (χ0) is 15.6. The molecule has 120 valence electrons. The van der Waals surface area contributed by atoms with Crippen LogP contribution in [0.3, 0.4) is 0 Å². The summed E-state index contributed by atoms with van der Waals surface area (Å²) in [4.78, 5) is 18.8. The third-order valence-corrected chi connectivity index (χ3v) is 5.68. The Morgan fingerprint density at radius 1 is 1.36 bits per heavy atom. The van der Waals surface area contributed by atoms with Crippen LogP contribution in [0.15, 0.2) is 18.3 Å². The van der Waals surface area contributed by atoms with Gasteiger partial charge in [0.2, 0.25) is 0 Å². The highest BCUT2D eigenvalue weighted by atomic mass is 32.2. The number of nitrogens with zero attached hydrogens (tertiary/aromatic N) is 2. The quantitative estimate of drug-likeness (QED) is 0.830. The molecule has 0 unspecified atom stereocenters. The molecule has 8 heteroatoms. The minimum absolute atomic E-state index is 0.0197. The molecule has 0 saturated carbocycles. The molecule has 0 aromatic carbocycles. The second kappa shape index (κ2) is 6.21. The lowest BCUT2D eigenvalue weighted by Crippen LogP contribution is -2.40. The van der Waals surface area contributed by atoms with Gasteiger partial charge in [0, 0.05) is 25.3 Å². The molecule has 1 aromatic heterocycles. The molecular weight excluding hydrogens is 306 g/mol. The summed E-state index contributed by atoms with van der Waals surface area (Å²) in [7, 11) is -3.01. The predicted octanol–water partition coefficient (Wildman–Crippen LogP) is -0.165. The SMILES string of the molecule is O=C(N[C@H]1CCS(=O)(=O)C1)c1cccnc1N1CCOCC1. The number of pyridine rings is 1. The molecule has 0 aliphatic carbocycles. The summed E-state index contributed by atoms with van der Waals surface area (Å²) in [5.41, 5.74) is 0.480. The molecule has 1 amide bonds.